The van der Waals surface area contributed by atoms with Gasteiger partial charge in [0.05, 0.1) is 6.61 Å². The van der Waals surface area contributed by atoms with Gasteiger partial charge in [0.15, 0.2) is 0 Å². The van der Waals surface area contributed by atoms with E-state index < -0.39 is 0 Å². The molecule has 0 unspecified atom stereocenters. The summed E-state index contributed by atoms with van der Waals surface area (Å²) in [7, 11) is 1.75. The van der Waals surface area contributed by atoms with Crippen LogP contribution in [0, 0.1) is 5.92 Å². The Kier molecular flexibility index (Phi) is 7.90. The molecule has 6 heteroatoms. The molecule has 1 saturated heterocycles. The van der Waals surface area contributed by atoms with E-state index >= 15 is 0 Å². The molecule has 0 bridgehead atoms. The maximum Gasteiger partial charge on any atom is 0.317 e. The number of nitrogens with one attached hydrogen (secondary N) is 1. The number of urea groups is 1. The van der Waals surface area contributed by atoms with Crippen LogP contribution in [-0.2, 0) is 11.3 Å². The van der Waals surface area contributed by atoms with Crippen molar-refractivity contribution in [3.63, 3.8) is 0 Å². The first-order chi connectivity index (χ1) is 13.3. The zero-order valence-electron chi connectivity index (χ0n) is 16.6. The quantitative estimate of drug-likeness (QED) is 0.760. The standard InChI is InChI=1S/C21H34N4O2/c1-27-14-13-24-12-9-19(16-24)15-23-21(26)25(20-5-3-2-4-6-20)17-18-7-10-22-11-8-18/h7-8,10-11,19-20H,2-6,9,12-17H2,1H3,(H,23,26)/t19-/m0/s1. The van der Waals surface area contributed by atoms with Crippen LogP contribution in [0.25, 0.3) is 0 Å². The van der Waals surface area contributed by atoms with Crippen molar-refractivity contribution >= 4 is 6.03 Å². The summed E-state index contributed by atoms with van der Waals surface area (Å²) in [5, 5.41) is 3.23. The number of ether oxygens (including phenoxy) is 1. The molecule has 1 saturated carbocycles. The number of aromatic nitrogens is 1. The van der Waals surface area contributed by atoms with Crippen LogP contribution in [0.15, 0.2) is 24.5 Å². The van der Waals surface area contributed by atoms with Gasteiger partial charge < -0.3 is 19.9 Å². The van der Waals surface area contributed by atoms with Crippen molar-refractivity contribution in [1.82, 2.24) is 20.1 Å². The fourth-order valence-corrected chi connectivity index (χ4v) is 4.28. The minimum absolute atomic E-state index is 0.0917. The van der Waals surface area contributed by atoms with Crippen molar-refractivity contribution in [2.24, 2.45) is 5.92 Å². The van der Waals surface area contributed by atoms with Gasteiger partial charge >= 0.3 is 6.03 Å². The summed E-state index contributed by atoms with van der Waals surface area (Å²) in [4.78, 5) is 21.6. The van der Waals surface area contributed by atoms with E-state index in [1.807, 2.05) is 12.1 Å². The highest BCUT2D eigenvalue weighted by Gasteiger charge is 2.27. The van der Waals surface area contributed by atoms with Crippen LogP contribution in [-0.4, -0.2) is 66.8 Å². The molecule has 2 fully saturated rings. The SMILES string of the molecule is COCCN1CC[C@@H](CNC(=O)N(Cc2ccncc2)C2CCCCC2)C1. The van der Waals surface area contributed by atoms with Crippen LogP contribution in [0.4, 0.5) is 4.79 Å². The van der Waals surface area contributed by atoms with Gasteiger partial charge in [-0.1, -0.05) is 19.3 Å². The molecule has 1 aliphatic carbocycles. The number of carbonyl (C=O) groups is 1. The molecule has 150 valence electrons. The van der Waals surface area contributed by atoms with Crippen molar-refractivity contribution in [3.05, 3.63) is 30.1 Å². The van der Waals surface area contributed by atoms with Crippen LogP contribution < -0.4 is 5.32 Å². The second-order valence-electron chi connectivity index (χ2n) is 7.91. The Hall–Kier alpha value is -1.66. The second-order valence-corrected chi connectivity index (χ2v) is 7.91. The van der Waals surface area contributed by atoms with Crippen molar-refractivity contribution in [2.75, 3.05) is 39.9 Å². The lowest BCUT2D eigenvalue weighted by Crippen LogP contribution is -2.47. The van der Waals surface area contributed by atoms with Crippen molar-refractivity contribution in [1.29, 1.82) is 0 Å². The number of amides is 2. The Morgan fingerprint density at radius 1 is 1.26 bits per heavy atom. The van der Waals surface area contributed by atoms with Gasteiger partial charge in [0, 0.05) is 51.7 Å². The summed E-state index contributed by atoms with van der Waals surface area (Å²) in [6, 6.07) is 4.46. The summed E-state index contributed by atoms with van der Waals surface area (Å²) >= 11 is 0. The number of hydrogen-bond donors (Lipinski definition) is 1. The molecule has 1 aromatic heterocycles. The number of likely N-dealkylation sites (tertiary alicyclic amines) is 1. The molecule has 27 heavy (non-hydrogen) atoms. The van der Waals surface area contributed by atoms with Gasteiger partial charge in [-0.05, 0) is 49.4 Å². The van der Waals surface area contributed by atoms with Crippen LogP contribution in [0.2, 0.25) is 0 Å². The molecule has 0 radical (unpaired) electrons. The van der Waals surface area contributed by atoms with E-state index in [9.17, 15) is 4.79 Å². The highest BCUT2D eigenvalue weighted by Crippen LogP contribution is 2.24. The van der Waals surface area contributed by atoms with Crippen LogP contribution in [0.1, 0.15) is 44.1 Å². The molecule has 0 aromatic carbocycles. The third kappa shape index (κ3) is 6.18. The number of methoxy groups -OCH3 is 1. The van der Waals surface area contributed by atoms with Crippen molar-refractivity contribution < 1.29 is 9.53 Å². The number of carbonyl (C=O) groups excluding carboxylic acids is 1. The lowest BCUT2D eigenvalue weighted by atomic mass is 9.94. The molecule has 6 nitrogen and oxygen atoms in total. The highest BCUT2D eigenvalue weighted by atomic mass is 16.5. The number of rotatable bonds is 8. The number of nitrogens with zero attached hydrogens (tertiary/aromatic N) is 3. The third-order valence-corrected chi connectivity index (χ3v) is 5.90. The van der Waals surface area contributed by atoms with E-state index in [0.29, 0.717) is 18.5 Å². The predicted octanol–water partition coefficient (Wildman–Crippen LogP) is 2.89. The summed E-state index contributed by atoms with van der Waals surface area (Å²) < 4.78 is 5.17. The van der Waals surface area contributed by atoms with Gasteiger partial charge in [0.2, 0.25) is 0 Å². The lowest BCUT2D eigenvalue weighted by molar-refractivity contribution is 0.148. The van der Waals surface area contributed by atoms with Crippen LogP contribution in [0.3, 0.4) is 0 Å². The summed E-state index contributed by atoms with van der Waals surface area (Å²) in [6.45, 7) is 5.36. The Morgan fingerprint density at radius 3 is 2.78 bits per heavy atom. The first-order valence-corrected chi connectivity index (χ1v) is 10.4. The molecule has 0 spiro atoms. The molecule has 1 atom stereocenters. The predicted molar refractivity (Wildman–Crippen MR) is 106 cm³/mol. The highest BCUT2D eigenvalue weighted by molar-refractivity contribution is 5.74. The topological polar surface area (TPSA) is 57.7 Å². The summed E-state index contributed by atoms with van der Waals surface area (Å²) in [5.41, 5.74) is 1.15. The molecule has 1 aliphatic heterocycles. The first-order valence-electron chi connectivity index (χ1n) is 10.4. The van der Waals surface area contributed by atoms with Crippen LogP contribution in [0.5, 0.6) is 0 Å². The fourth-order valence-electron chi connectivity index (χ4n) is 4.28. The summed E-state index contributed by atoms with van der Waals surface area (Å²) in [5.74, 6) is 0.542. The average molecular weight is 375 g/mol. The third-order valence-electron chi connectivity index (χ3n) is 5.90. The van der Waals surface area contributed by atoms with Crippen molar-refractivity contribution in [2.45, 2.75) is 51.1 Å². The summed E-state index contributed by atoms with van der Waals surface area (Å²) in [6.07, 6.45) is 10.7. The molecular weight excluding hydrogens is 340 g/mol. The van der Waals surface area contributed by atoms with E-state index in [2.05, 4.69) is 20.1 Å². The Morgan fingerprint density at radius 2 is 2.04 bits per heavy atom. The molecule has 2 amide bonds. The maximum absolute atomic E-state index is 13.0. The van der Waals surface area contributed by atoms with Gasteiger partial charge in [0.25, 0.3) is 0 Å². The minimum atomic E-state index is 0.0917. The van der Waals surface area contributed by atoms with Gasteiger partial charge in [-0.25, -0.2) is 4.79 Å². The normalized spacial score (nSPS) is 21.3. The zero-order valence-corrected chi connectivity index (χ0v) is 16.6. The zero-order chi connectivity index (χ0) is 18.9. The number of pyridine rings is 1. The molecule has 1 N–H and O–H groups in total. The first kappa shape index (κ1) is 20.1. The smallest absolute Gasteiger partial charge is 0.317 e. The van der Waals surface area contributed by atoms with E-state index in [4.69, 9.17) is 4.74 Å². The van der Waals surface area contributed by atoms with Gasteiger partial charge in [-0.2, -0.15) is 0 Å². The molecular formula is C21H34N4O2. The average Bonchev–Trinajstić information content (AvgIpc) is 3.18. The molecule has 2 aliphatic rings. The molecule has 3 rings (SSSR count). The largest absolute Gasteiger partial charge is 0.383 e. The Balaban J connectivity index is 1.53. The van der Waals surface area contributed by atoms with Crippen LogP contribution >= 0.6 is 0 Å². The molecule has 2 heterocycles. The Labute approximate surface area is 163 Å². The van der Waals surface area contributed by atoms with E-state index in [-0.39, 0.29) is 6.03 Å². The maximum atomic E-state index is 13.0. The minimum Gasteiger partial charge on any atom is -0.383 e. The van der Waals surface area contributed by atoms with E-state index in [0.717, 1.165) is 57.6 Å². The fraction of sp³-hybridized carbons (Fsp3) is 0.714. The Bertz CT molecular complexity index is 563. The number of hydrogen-bond acceptors (Lipinski definition) is 4. The molecule has 1 aromatic rings. The van der Waals surface area contributed by atoms with Gasteiger partial charge in [-0.3, -0.25) is 4.98 Å². The van der Waals surface area contributed by atoms with Crippen molar-refractivity contribution in [3.8, 4) is 0 Å². The second kappa shape index (κ2) is 10.6. The van der Waals surface area contributed by atoms with E-state index in [1.165, 1.54) is 19.3 Å². The van der Waals surface area contributed by atoms with Gasteiger partial charge in [-0.15, -0.1) is 0 Å². The lowest BCUT2D eigenvalue weighted by Gasteiger charge is -2.34. The van der Waals surface area contributed by atoms with Gasteiger partial charge in [0.1, 0.15) is 0 Å². The van der Waals surface area contributed by atoms with E-state index in [1.54, 1.807) is 19.5 Å². The monoisotopic (exact) mass is 374 g/mol.